The second-order valence-electron chi connectivity index (χ2n) is 7.00. The van der Waals surface area contributed by atoms with Crippen LogP contribution in [-0.2, 0) is 14.3 Å². The maximum Gasteiger partial charge on any atom is 0.295 e. The topological polar surface area (TPSA) is 79.7 Å². The molecule has 1 aromatic heterocycles. The van der Waals surface area contributed by atoms with Gasteiger partial charge in [0.2, 0.25) is 0 Å². The molecular weight excluding hydrogens is 356 g/mol. The van der Waals surface area contributed by atoms with E-state index < -0.39 is 17.7 Å². The number of hydrogen-bond donors (Lipinski definition) is 1. The van der Waals surface area contributed by atoms with Crippen molar-refractivity contribution in [3.63, 3.8) is 0 Å². The van der Waals surface area contributed by atoms with Gasteiger partial charge in [0.1, 0.15) is 5.76 Å². The molecule has 1 N–H and O–H groups in total. The number of rotatable bonds is 6. The summed E-state index contributed by atoms with van der Waals surface area (Å²) >= 11 is 0. The minimum atomic E-state index is -0.688. The number of Topliss-reactive ketones (excluding diaryl/α,β-unsaturated/α-hetero) is 1. The van der Waals surface area contributed by atoms with Crippen molar-refractivity contribution in [2.24, 2.45) is 0 Å². The van der Waals surface area contributed by atoms with E-state index in [-0.39, 0.29) is 24.0 Å². The average molecular weight is 380 g/mol. The zero-order chi connectivity index (χ0) is 20.3. The molecule has 0 radical (unpaired) electrons. The van der Waals surface area contributed by atoms with Gasteiger partial charge in [0, 0.05) is 24.5 Å². The molecule has 6 nitrogen and oxygen atoms in total. The monoisotopic (exact) mass is 380 g/mol. The lowest BCUT2D eigenvalue weighted by molar-refractivity contribution is -0.140. The molecule has 146 valence electrons. The minimum absolute atomic E-state index is 0.0190. The number of nitrogens with zero attached hydrogens (tertiary/aromatic N) is 2. The summed E-state index contributed by atoms with van der Waals surface area (Å²) in [6.45, 7) is 6.32. The van der Waals surface area contributed by atoms with E-state index in [1.807, 2.05) is 45.0 Å². The maximum absolute atomic E-state index is 12.9. The van der Waals surface area contributed by atoms with E-state index >= 15 is 0 Å². The number of hydrogen-bond acceptors (Lipinski definition) is 5. The summed E-state index contributed by atoms with van der Waals surface area (Å²) in [6, 6.07) is 10.1. The minimum Gasteiger partial charge on any atom is -0.507 e. The van der Waals surface area contributed by atoms with Crippen LogP contribution >= 0.6 is 0 Å². The number of pyridine rings is 1. The van der Waals surface area contributed by atoms with Gasteiger partial charge in [-0.1, -0.05) is 24.3 Å². The zero-order valence-corrected chi connectivity index (χ0v) is 16.3. The Morgan fingerprint density at radius 1 is 1.18 bits per heavy atom. The normalized spacial score (nSPS) is 18.9. The lowest BCUT2D eigenvalue weighted by Crippen LogP contribution is -2.33. The van der Waals surface area contributed by atoms with Crippen LogP contribution in [0.4, 0.5) is 0 Å². The van der Waals surface area contributed by atoms with E-state index in [9.17, 15) is 14.7 Å². The fourth-order valence-corrected chi connectivity index (χ4v) is 3.38. The van der Waals surface area contributed by atoms with Gasteiger partial charge in [0.25, 0.3) is 11.7 Å². The molecule has 1 fully saturated rings. The molecule has 2 heterocycles. The van der Waals surface area contributed by atoms with Gasteiger partial charge in [-0.15, -0.1) is 0 Å². The van der Waals surface area contributed by atoms with E-state index in [0.29, 0.717) is 12.2 Å². The molecule has 1 aromatic carbocycles. The number of aliphatic hydroxyl groups excluding tert-OH is 1. The Morgan fingerprint density at radius 2 is 1.86 bits per heavy atom. The summed E-state index contributed by atoms with van der Waals surface area (Å²) in [5, 5.41) is 10.9. The van der Waals surface area contributed by atoms with E-state index in [1.54, 1.807) is 12.1 Å². The maximum atomic E-state index is 12.9. The highest BCUT2D eigenvalue weighted by Crippen LogP contribution is 2.40. The molecular formula is C22H24N2O4. The Kier molecular flexibility index (Phi) is 5.90. The Hall–Kier alpha value is -2.99. The molecule has 1 amide bonds. The Bertz CT molecular complexity index is 906. The van der Waals surface area contributed by atoms with E-state index in [0.717, 1.165) is 11.1 Å². The number of likely N-dealkylation sites (tertiary alicyclic amines) is 1. The number of aliphatic hydroxyl groups is 1. The van der Waals surface area contributed by atoms with Crippen molar-refractivity contribution in [2.45, 2.75) is 32.9 Å². The Morgan fingerprint density at radius 3 is 2.50 bits per heavy atom. The predicted octanol–water partition coefficient (Wildman–Crippen LogP) is 3.24. The van der Waals surface area contributed by atoms with Crippen molar-refractivity contribution in [3.8, 4) is 0 Å². The second kappa shape index (κ2) is 8.35. The molecule has 1 atom stereocenters. The molecule has 1 unspecified atom stereocenters. The van der Waals surface area contributed by atoms with Gasteiger partial charge < -0.3 is 14.7 Å². The number of amides is 1. The van der Waals surface area contributed by atoms with Gasteiger partial charge in [-0.25, -0.2) is 0 Å². The van der Waals surface area contributed by atoms with E-state index in [2.05, 4.69) is 4.98 Å². The van der Waals surface area contributed by atoms with Crippen molar-refractivity contribution >= 4 is 17.4 Å². The first-order valence-electron chi connectivity index (χ1n) is 9.27. The van der Waals surface area contributed by atoms with Gasteiger partial charge in [0.15, 0.2) is 0 Å². The number of benzene rings is 1. The first-order chi connectivity index (χ1) is 13.4. The van der Waals surface area contributed by atoms with Crippen LogP contribution < -0.4 is 0 Å². The molecule has 2 aromatic rings. The average Bonchev–Trinajstić information content (AvgIpc) is 2.93. The van der Waals surface area contributed by atoms with Crippen molar-refractivity contribution in [1.29, 1.82) is 0 Å². The van der Waals surface area contributed by atoms with Gasteiger partial charge in [-0.05, 0) is 44.0 Å². The predicted molar refractivity (Wildman–Crippen MR) is 106 cm³/mol. The molecule has 1 saturated heterocycles. The fourth-order valence-electron chi connectivity index (χ4n) is 3.38. The summed E-state index contributed by atoms with van der Waals surface area (Å²) in [5.74, 6) is -1.51. The van der Waals surface area contributed by atoms with Gasteiger partial charge in [-0.3, -0.25) is 14.6 Å². The van der Waals surface area contributed by atoms with Crippen LogP contribution in [0.25, 0.3) is 5.76 Å². The first-order valence-corrected chi connectivity index (χ1v) is 9.27. The van der Waals surface area contributed by atoms with Crippen LogP contribution in [0.1, 0.15) is 36.6 Å². The molecule has 6 heteroatoms. The summed E-state index contributed by atoms with van der Waals surface area (Å²) < 4.78 is 5.59. The Labute approximate surface area is 164 Å². The quantitative estimate of drug-likeness (QED) is 0.473. The van der Waals surface area contributed by atoms with Crippen molar-refractivity contribution < 1.29 is 19.4 Å². The first kappa shape index (κ1) is 19.8. The number of aromatic nitrogens is 1. The fraction of sp³-hybridized carbons (Fsp3) is 0.318. The number of aryl methyl sites for hydroxylation is 1. The lowest BCUT2D eigenvalue weighted by Gasteiger charge is -2.26. The van der Waals surface area contributed by atoms with Gasteiger partial charge >= 0.3 is 0 Å². The SMILES string of the molecule is Cc1ccccc1C1/C(=C(/O)c2ccncc2)C(=O)C(=O)N1CCOC(C)C. The summed E-state index contributed by atoms with van der Waals surface area (Å²) in [6.07, 6.45) is 3.08. The molecule has 0 aliphatic carbocycles. The largest absolute Gasteiger partial charge is 0.507 e. The van der Waals surface area contributed by atoms with Gasteiger partial charge in [0.05, 0.1) is 24.3 Å². The highest BCUT2D eigenvalue weighted by Gasteiger charge is 2.46. The molecule has 3 rings (SSSR count). The molecule has 0 saturated carbocycles. The molecule has 1 aliphatic heterocycles. The van der Waals surface area contributed by atoms with Crippen molar-refractivity contribution in [3.05, 3.63) is 71.1 Å². The third kappa shape index (κ3) is 3.82. The summed E-state index contributed by atoms with van der Waals surface area (Å²) in [5.41, 5.74) is 2.28. The highest BCUT2D eigenvalue weighted by atomic mass is 16.5. The molecule has 0 spiro atoms. The van der Waals surface area contributed by atoms with Crippen LogP contribution in [0.2, 0.25) is 0 Å². The van der Waals surface area contributed by atoms with E-state index in [1.165, 1.54) is 17.3 Å². The second-order valence-corrected chi connectivity index (χ2v) is 7.00. The van der Waals surface area contributed by atoms with Crippen LogP contribution in [-0.4, -0.2) is 45.9 Å². The third-order valence-electron chi connectivity index (χ3n) is 4.76. The summed E-state index contributed by atoms with van der Waals surface area (Å²) in [7, 11) is 0. The van der Waals surface area contributed by atoms with Crippen molar-refractivity contribution in [1.82, 2.24) is 9.88 Å². The highest BCUT2D eigenvalue weighted by molar-refractivity contribution is 6.46. The van der Waals surface area contributed by atoms with Crippen LogP contribution in [0.15, 0.2) is 54.4 Å². The van der Waals surface area contributed by atoms with Crippen LogP contribution in [0.5, 0.6) is 0 Å². The van der Waals surface area contributed by atoms with E-state index in [4.69, 9.17) is 4.74 Å². The van der Waals surface area contributed by atoms with Gasteiger partial charge in [-0.2, -0.15) is 0 Å². The zero-order valence-electron chi connectivity index (χ0n) is 16.3. The number of ether oxygens (including phenoxy) is 1. The van der Waals surface area contributed by atoms with Crippen molar-refractivity contribution in [2.75, 3.05) is 13.2 Å². The summed E-state index contributed by atoms with van der Waals surface area (Å²) in [4.78, 5) is 31.1. The lowest BCUT2D eigenvalue weighted by atomic mass is 9.93. The number of carbonyl (C=O) groups is 2. The standard InChI is InChI=1S/C22H24N2O4/c1-14(2)28-13-12-24-19(17-7-5-4-6-15(17)3)18(21(26)22(24)27)20(25)16-8-10-23-11-9-16/h4-11,14,19,25H,12-13H2,1-3H3/b20-18-. The Balaban J connectivity index is 2.10. The van der Waals surface area contributed by atoms with Crippen LogP contribution in [0.3, 0.4) is 0 Å². The number of ketones is 1. The molecule has 28 heavy (non-hydrogen) atoms. The van der Waals surface area contributed by atoms with Crippen LogP contribution in [0, 0.1) is 6.92 Å². The smallest absolute Gasteiger partial charge is 0.295 e. The molecule has 0 bridgehead atoms. The number of carbonyl (C=O) groups excluding carboxylic acids is 2. The third-order valence-corrected chi connectivity index (χ3v) is 4.76. The molecule has 1 aliphatic rings.